The van der Waals surface area contributed by atoms with Crippen molar-refractivity contribution in [3.8, 4) is 0 Å². The van der Waals surface area contributed by atoms with Gasteiger partial charge in [-0.15, -0.1) is 11.8 Å². The van der Waals surface area contributed by atoms with Gasteiger partial charge in [-0.25, -0.2) is 0 Å². The molecule has 4 nitrogen and oxygen atoms in total. The number of benzene rings is 1. The summed E-state index contributed by atoms with van der Waals surface area (Å²) < 4.78 is 0. The monoisotopic (exact) mass is 267 g/mol. The molecule has 0 bridgehead atoms. The van der Waals surface area contributed by atoms with Crippen LogP contribution in [0.5, 0.6) is 0 Å². The molecule has 0 aromatic heterocycles. The van der Waals surface area contributed by atoms with Gasteiger partial charge in [0.15, 0.2) is 0 Å². The molecule has 0 spiro atoms. The van der Waals surface area contributed by atoms with Gasteiger partial charge in [-0.05, 0) is 31.7 Å². The molecule has 18 heavy (non-hydrogen) atoms. The Labute approximate surface area is 111 Å². The maximum Gasteiger partial charge on any atom is 0.303 e. The molecule has 1 amide bonds. The summed E-state index contributed by atoms with van der Waals surface area (Å²) >= 11 is 1.51. The lowest BCUT2D eigenvalue weighted by atomic mass is 10.1. The van der Waals surface area contributed by atoms with Crippen molar-refractivity contribution in [2.24, 2.45) is 0 Å². The van der Waals surface area contributed by atoms with Crippen molar-refractivity contribution in [2.75, 3.05) is 6.26 Å². The molecule has 1 unspecified atom stereocenters. The Morgan fingerprint density at radius 2 is 2.06 bits per heavy atom. The summed E-state index contributed by atoms with van der Waals surface area (Å²) in [5.41, 5.74) is 0.632. The molecule has 0 radical (unpaired) electrons. The summed E-state index contributed by atoms with van der Waals surface area (Å²) in [6.07, 6.45) is 2.41. The Hall–Kier alpha value is -1.49. The zero-order valence-corrected chi connectivity index (χ0v) is 11.3. The molecular weight excluding hydrogens is 250 g/mol. The van der Waals surface area contributed by atoms with Crippen LogP contribution in [-0.2, 0) is 4.79 Å². The quantitative estimate of drug-likeness (QED) is 0.777. The van der Waals surface area contributed by atoms with Gasteiger partial charge < -0.3 is 10.4 Å². The summed E-state index contributed by atoms with van der Waals surface area (Å²) in [6, 6.07) is 7.21. The average Bonchev–Trinajstić information content (AvgIpc) is 2.36. The largest absolute Gasteiger partial charge is 0.481 e. The topological polar surface area (TPSA) is 66.4 Å². The van der Waals surface area contributed by atoms with Crippen molar-refractivity contribution < 1.29 is 14.7 Å². The molecule has 0 heterocycles. The van der Waals surface area contributed by atoms with Gasteiger partial charge in [0.1, 0.15) is 0 Å². The summed E-state index contributed by atoms with van der Waals surface area (Å²) in [7, 11) is 0. The summed E-state index contributed by atoms with van der Waals surface area (Å²) in [4.78, 5) is 23.4. The van der Waals surface area contributed by atoms with E-state index in [2.05, 4.69) is 5.32 Å². The second kappa shape index (κ2) is 7.06. The Bertz CT molecular complexity index is 434. The Balaban J connectivity index is 2.62. The first-order valence-corrected chi connectivity index (χ1v) is 6.92. The number of hydrogen-bond acceptors (Lipinski definition) is 3. The number of nitrogens with one attached hydrogen (secondary N) is 1. The number of carboxylic acids is 1. The van der Waals surface area contributed by atoms with E-state index in [-0.39, 0.29) is 18.4 Å². The van der Waals surface area contributed by atoms with E-state index in [1.807, 2.05) is 31.4 Å². The van der Waals surface area contributed by atoms with Crippen LogP contribution in [0.15, 0.2) is 29.2 Å². The van der Waals surface area contributed by atoms with E-state index in [1.165, 1.54) is 11.8 Å². The maximum atomic E-state index is 12.0. The van der Waals surface area contributed by atoms with Crippen molar-refractivity contribution in [1.29, 1.82) is 0 Å². The van der Waals surface area contributed by atoms with Crippen molar-refractivity contribution in [2.45, 2.75) is 30.7 Å². The van der Waals surface area contributed by atoms with Gasteiger partial charge in [0.05, 0.1) is 5.56 Å². The number of amides is 1. The van der Waals surface area contributed by atoms with Crippen LogP contribution in [0.1, 0.15) is 30.1 Å². The van der Waals surface area contributed by atoms with Crippen LogP contribution in [0.25, 0.3) is 0 Å². The molecule has 1 aromatic rings. The molecule has 1 aromatic carbocycles. The molecule has 1 rings (SSSR count). The second-order valence-corrected chi connectivity index (χ2v) is 4.86. The predicted molar refractivity (Wildman–Crippen MR) is 72.0 cm³/mol. The number of aliphatic carboxylic acids is 1. The van der Waals surface area contributed by atoms with E-state index >= 15 is 0 Å². The lowest BCUT2D eigenvalue weighted by Crippen LogP contribution is -2.33. The van der Waals surface area contributed by atoms with Crippen LogP contribution >= 0.6 is 11.8 Å². The highest BCUT2D eigenvalue weighted by Gasteiger charge is 2.13. The Kier molecular flexibility index (Phi) is 5.71. The normalized spacial score (nSPS) is 11.9. The molecule has 0 fully saturated rings. The van der Waals surface area contributed by atoms with Gasteiger partial charge in [-0.1, -0.05) is 12.1 Å². The molecule has 0 saturated carbocycles. The molecule has 0 aliphatic carbocycles. The summed E-state index contributed by atoms with van der Waals surface area (Å²) in [6.45, 7) is 1.81. The zero-order chi connectivity index (χ0) is 13.5. The molecule has 0 saturated heterocycles. The number of thioether (sulfide) groups is 1. The predicted octanol–water partition coefficient (Wildman–Crippen LogP) is 2.39. The minimum atomic E-state index is -0.847. The molecule has 98 valence electrons. The molecule has 0 aliphatic heterocycles. The fourth-order valence-electron chi connectivity index (χ4n) is 1.55. The molecular formula is C13H17NO3S. The lowest BCUT2D eigenvalue weighted by Gasteiger charge is -2.14. The zero-order valence-electron chi connectivity index (χ0n) is 10.5. The lowest BCUT2D eigenvalue weighted by molar-refractivity contribution is -0.137. The van der Waals surface area contributed by atoms with Crippen LogP contribution < -0.4 is 5.32 Å². The Morgan fingerprint density at radius 3 is 2.67 bits per heavy atom. The van der Waals surface area contributed by atoms with Crippen LogP contribution in [0.2, 0.25) is 0 Å². The molecule has 1 atom stereocenters. The highest BCUT2D eigenvalue weighted by Crippen LogP contribution is 2.19. The van der Waals surface area contributed by atoms with Gasteiger partial charge in [0, 0.05) is 17.4 Å². The fourth-order valence-corrected chi connectivity index (χ4v) is 2.14. The molecule has 0 aliphatic rings. The smallest absolute Gasteiger partial charge is 0.303 e. The van der Waals surface area contributed by atoms with Crippen molar-refractivity contribution in [3.63, 3.8) is 0 Å². The van der Waals surface area contributed by atoms with Gasteiger partial charge in [-0.2, -0.15) is 0 Å². The van der Waals surface area contributed by atoms with Gasteiger partial charge in [0.25, 0.3) is 5.91 Å². The number of carboxylic acid groups (broad SMARTS) is 1. The number of rotatable bonds is 6. The minimum Gasteiger partial charge on any atom is -0.481 e. The Morgan fingerprint density at radius 1 is 1.39 bits per heavy atom. The fraction of sp³-hybridized carbons (Fsp3) is 0.385. The average molecular weight is 267 g/mol. The van der Waals surface area contributed by atoms with Crippen LogP contribution in [0, 0.1) is 0 Å². The number of hydrogen-bond donors (Lipinski definition) is 2. The van der Waals surface area contributed by atoms with Gasteiger partial charge in [-0.3, -0.25) is 9.59 Å². The standard InChI is InChI=1S/C13H17NO3S/c1-9(7-8-12(15)16)14-13(17)10-5-3-4-6-11(10)18-2/h3-6,9H,7-8H2,1-2H3,(H,14,17)(H,15,16). The van der Waals surface area contributed by atoms with E-state index in [0.29, 0.717) is 12.0 Å². The van der Waals surface area contributed by atoms with E-state index < -0.39 is 5.97 Å². The number of carbonyl (C=O) groups excluding carboxylic acids is 1. The van der Waals surface area contributed by atoms with E-state index in [9.17, 15) is 9.59 Å². The second-order valence-electron chi connectivity index (χ2n) is 4.01. The van der Waals surface area contributed by atoms with Crippen molar-refractivity contribution in [1.82, 2.24) is 5.32 Å². The third-order valence-corrected chi connectivity index (χ3v) is 3.32. The first-order chi connectivity index (χ1) is 8.54. The van der Waals surface area contributed by atoms with Crippen LogP contribution in [-0.4, -0.2) is 29.3 Å². The van der Waals surface area contributed by atoms with Gasteiger partial charge in [0.2, 0.25) is 0 Å². The van der Waals surface area contributed by atoms with Crippen LogP contribution in [0.3, 0.4) is 0 Å². The van der Waals surface area contributed by atoms with Gasteiger partial charge >= 0.3 is 5.97 Å². The summed E-state index contributed by atoms with van der Waals surface area (Å²) in [5.74, 6) is -1.00. The third kappa shape index (κ3) is 4.41. The third-order valence-electron chi connectivity index (χ3n) is 2.52. The molecule has 2 N–H and O–H groups in total. The SMILES string of the molecule is CSc1ccccc1C(=O)NC(C)CCC(=O)O. The first kappa shape index (κ1) is 14.6. The van der Waals surface area contributed by atoms with E-state index in [1.54, 1.807) is 6.07 Å². The van der Waals surface area contributed by atoms with Crippen molar-refractivity contribution in [3.05, 3.63) is 29.8 Å². The molecule has 5 heteroatoms. The highest BCUT2D eigenvalue weighted by molar-refractivity contribution is 7.98. The van der Waals surface area contributed by atoms with E-state index in [0.717, 1.165) is 4.90 Å². The van der Waals surface area contributed by atoms with Crippen LogP contribution in [0.4, 0.5) is 0 Å². The highest BCUT2D eigenvalue weighted by atomic mass is 32.2. The van der Waals surface area contributed by atoms with E-state index in [4.69, 9.17) is 5.11 Å². The number of carbonyl (C=O) groups is 2. The van der Waals surface area contributed by atoms with Crippen molar-refractivity contribution >= 4 is 23.6 Å². The first-order valence-electron chi connectivity index (χ1n) is 5.70. The summed E-state index contributed by atoms with van der Waals surface area (Å²) in [5, 5.41) is 11.4. The maximum absolute atomic E-state index is 12.0. The minimum absolute atomic E-state index is 0.0611.